The molecule has 1 saturated carbocycles. The van der Waals surface area contributed by atoms with E-state index in [-0.39, 0.29) is 6.10 Å². The molecule has 0 bridgehead atoms. The van der Waals surface area contributed by atoms with Crippen LogP contribution in [-0.4, -0.2) is 21.1 Å². The quantitative estimate of drug-likeness (QED) is 0.596. The Balaban J connectivity index is 1.27. The summed E-state index contributed by atoms with van der Waals surface area (Å²) in [6.45, 7) is 0.754. The van der Waals surface area contributed by atoms with Crippen molar-refractivity contribution in [3.63, 3.8) is 0 Å². The lowest BCUT2D eigenvalue weighted by molar-refractivity contribution is 0.0730. The number of hydrogen-bond acceptors (Lipinski definition) is 4. The molecular formula is C27H34N2O3S. The summed E-state index contributed by atoms with van der Waals surface area (Å²) in [6.07, 6.45) is 12.1. The highest BCUT2D eigenvalue weighted by Crippen LogP contribution is 2.48. The van der Waals surface area contributed by atoms with Crippen LogP contribution in [0.25, 0.3) is 0 Å². The highest BCUT2D eigenvalue weighted by atomic mass is 32.2. The molecule has 2 heterocycles. The summed E-state index contributed by atoms with van der Waals surface area (Å²) in [5.41, 5.74) is 5.31. The molecule has 0 spiro atoms. The van der Waals surface area contributed by atoms with Crippen molar-refractivity contribution in [1.29, 1.82) is 0 Å². The van der Waals surface area contributed by atoms with Crippen LogP contribution in [0.4, 0.5) is 11.4 Å². The molecular weight excluding hydrogens is 432 g/mol. The zero-order valence-electron chi connectivity index (χ0n) is 19.2. The summed E-state index contributed by atoms with van der Waals surface area (Å²) >= 11 is 0. The van der Waals surface area contributed by atoms with Gasteiger partial charge in [0.1, 0.15) is 0 Å². The average Bonchev–Trinajstić information content (AvgIpc) is 3.34. The van der Waals surface area contributed by atoms with Crippen molar-refractivity contribution >= 4 is 21.4 Å². The van der Waals surface area contributed by atoms with Crippen LogP contribution in [0.2, 0.25) is 0 Å². The molecule has 2 aromatic rings. The van der Waals surface area contributed by atoms with Gasteiger partial charge in [0.15, 0.2) is 0 Å². The SMILES string of the molecule is O=S(=O)(Nc1ccc2c(c1)CCCC2)c1ccc2c(c1)[C@H]1OCC[C@H]1[C@H](C1CCCCC1)N2. The summed E-state index contributed by atoms with van der Waals surface area (Å²) in [7, 11) is -3.67. The number of nitrogens with one attached hydrogen (secondary N) is 2. The molecule has 2 N–H and O–H groups in total. The molecule has 33 heavy (non-hydrogen) atoms. The van der Waals surface area contributed by atoms with Crippen LogP contribution in [0.3, 0.4) is 0 Å². The second-order valence-electron chi connectivity index (χ2n) is 10.4. The molecule has 0 aromatic heterocycles. The van der Waals surface area contributed by atoms with Gasteiger partial charge in [0.25, 0.3) is 10.0 Å². The van der Waals surface area contributed by atoms with E-state index in [1.807, 2.05) is 24.3 Å². The van der Waals surface area contributed by atoms with Crippen molar-refractivity contribution in [3.8, 4) is 0 Å². The third-order valence-corrected chi connectivity index (χ3v) is 9.70. The molecule has 4 aliphatic rings. The van der Waals surface area contributed by atoms with Gasteiger partial charge < -0.3 is 10.1 Å². The van der Waals surface area contributed by atoms with E-state index >= 15 is 0 Å². The van der Waals surface area contributed by atoms with Gasteiger partial charge in [-0.05, 0) is 92.3 Å². The number of fused-ring (bicyclic) bond motifs is 4. The van der Waals surface area contributed by atoms with Crippen LogP contribution in [0, 0.1) is 11.8 Å². The van der Waals surface area contributed by atoms with Crippen molar-refractivity contribution in [2.24, 2.45) is 11.8 Å². The molecule has 0 radical (unpaired) electrons. The van der Waals surface area contributed by atoms with Gasteiger partial charge in [-0.25, -0.2) is 8.42 Å². The molecule has 2 fully saturated rings. The maximum Gasteiger partial charge on any atom is 0.261 e. The van der Waals surface area contributed by atoms with Gasteiger partial charge in [0.2, 0.25) is 0 Å². The topological polar surface area (TPSA) is 67.4 Å². The number of hydrogen-bond donors (Lipinski definition) is 2. The first-order valence-corrected chi connectivity index (χ1v) is 14.2. The lowest BCUT2D eigenvalue weighted by atomic mass is 9.73. The zero-order chi connectivity index (χ0) is 22.4. The Morgan fingerprint density at radius 3 is 2.55 bits per heavy atom. The number of rotatable bonds is 4. The third kappa shape index (κ3) is 4.06. The fourth-order valence-electron chi connectivity index (χ4n) is 6.63. The van der Waals surface area contributed by atoms with E-state index in [1.165, 1.54) is 56.1 Å². The summed E-state index contributed by atoms with van der Waals surface area (Å²) in [6, 6.07) is 11.9. The van der Waals surface area contributed by atoms with E-state index in [4.69, 9.17) is 4.74 Å². The van der Waals surface area contributed by atoms with Crippen molar-refractivity contribution in [2.45, 2.75) is 81.2 Å². The van der Waals surface area contributed by atoms with Crippen molar-refractivity contribution in [2.75, 3.05) is 16.6 Å². The second kappa shape index (κ2) is 8.62. The van der Waals surface area contributed by atoms with E-state index in [1.54, 1.807) is 6.07 Å². The summed E-state index contributed by atoms with van der Waals surface area (Å²) in [5.74, 6) is 1.11. The van der Waals surface area contributed by atoms with E-state index in [9.17, 15) is 8.42 Å². The number of benzene rings is 2. The molecule has 176 valence electrons. The monoisotopic (exact) mass is 466 g/mol. The smallest absolute Gasteiger partial charge is 0.261 e. The van der Waals surface area contributed by atoms with Crippen LogP contribution >= 0.6 is 0 Å². The highest BCUT2D eigenvalue weighted by molar-refractivity contribution is 7.92. The average molecular weight is 467 g/mol. The Morgan fingerprint density at radius 1 is 0.879 bits per heavy atom. The number of sulfonamides is 1. The van der Waals surface area contributed by atoms with Crippen molar-refractivity contribution in [3.05, 3.63) is 53.1 Å². The third-order valence-electron chi connectivity index (χ3n) is 8.32. The van der Waals surface area contributed by atoms with Gasteiger partial charge in [-0.3, -0.25) is 4.72 Å². The molecule has 6 heteroatoms. The lowest BCUT2D eigenvalue weighted by Crippen LogP contribution is -2.42. The zero-order valence-corrected chi connectivity index (χ0v) is 20.0. The van der Waals surface area contributed by atoms with Crippen molar-refractivity contribution in [1.82, 2.24) is 0 Å². The maximum absolute atomic E-state index is 13.3. The van der Waals surface area contributed by atoms with Crippen LogP contribution in [0.5, 0.6) is 0 Å². The molecule has 0 unspecified atom stereocenters. The van der Waals surface area contributed by atoms with Gasteiger partial charge in [-0.2, -0.15) is 0 Å². The van der Waals surface area contributed by atoms with Crippen LogP contribution in [0.15, 0.2) is 41.3 Å². The maximum atomic E-state index is 13.3. The second-order valence-corrected chi connectivity index (χ2v) is 12.0. The summed E-state index contributed by atoms with van der Waals surface area (Å²) in [4.78, 5) is 0.311. The highest BCUT2D eigenvalue weighted by Gasteiger charge is 2.44. The van der Waals surface area contributed by atoms with E-state index < -0.39 is 10.0 Å². The Hall–Kier alpha value is -2.05. The predicted molar refractivity (Wildman–Crippen MR) is 131 cm³/mol. The fourth-order valence-corrected chi connectivity index (χ4v) is 7.71. The molecule has 6 rings (SSSR count). The normalized spacial score (nSPS) is 27.2. The Bertz CT molecular complexity index is 1140. The predicted octanol–water partition coefficient (Wildman–Crippen LogP) is 5.82. The van der Waals surface area contributed by atoms with Gasteiger partial charge >= 0.3 is 0 Å². The minimum absolute atomic E-state index is 0.00734. The standard InChI is InChI=1S/C27H34N2O3S/c30-33(31,29-21-11-10-18-6-4-5-9-20(18)16-21)22-12-13-25-24(17-22)27-23(14-15-32-27)26(28-25)19-7-2-1-3-8-19/h10-13,16-17,19,23,26-29H,1-9,14-15H2/t23-,26-,27-/m0/s1. The van der Waals surface area contributed by atoms with Gasteiger partial charge in [0.05, 0.1) is 11.0 Å². The van der Waals surface area contributed by atoms with Gasteiger partial charge in [-0.15, -0.1) is 0 Å². The summed E-state index contributed by atoms with van der Waals surface area (Å²) in [5, 5.41) is 3.81. The number of aryl methyl sites for hydroxylation is 2. The Labute approximate surface area is 197 Å². The van der Waals surface area contributed by atoms with Crippen LogP contribution < -0.4 is 10.0 Å². The fraction of sp³-hybridized carbons (Fsp3) is 0.556. The minimum atomic E-state index is -3.67. The molecule has 2 aliphatic heterocycles. The largest absolute Gasteiger partial charge is 0.381 e. The first kappa shape index (κ1) is 21.5. The molecule has 3 atom stereocenters. The molecule has 2 aliphatic carbocycles. The minimum Gasteiger partial charge on any atom is -0.381 e. The molecule has 2 aromatic carbocycles. The Kier molecular flexibility index (Phi) is 5.61. The lowest BCUT2D eigenvalue weighted by Gasteiger charge is -2.42. The number of ether oxygens (including phenoxy) is 1. The number of anilines is 2. The van der Waals surface area contributed by atoms with E-state index in [0.29, 0.717) is 28.5 Å². The van der Waals surface area contributed by atoms with E-state index in [0.717, 1.165) is 37.1 Å². The first-order chi connectivity index (χ1) is 16.1. The van der Waals surface area contributed by atoms with Gasteiger partial charge in [-0.1, -0.05) is 25.3 Å². The molecule has 1 saturated heterocycles. The van der Waals surface area contributed by atoms with E-state index in [2.05, 4.69) is 16.1 Å². The molecule has 0 amide bonds. The Morgan fingerprint density at radius 2 is 1.70 bits per heavy atom. The van der Waals surface area contributed by atoms with Crippen molar-refractivity contribution < 1.29 is 13.2 Å². The first-order valence-electron chi connectivity index (χ1n) is 12.8. The molecule has 5 nitrogen and oxygen atoms in total. The van der Waals surface area contributed by atoms with Crippen LogP contribution in [0.1, 0.15) is 74.2 Å². The summed E-state index contributed by atoms with van der Waals surface area (Å²) < 4.78 is 35.6. The van der Waals surface area contributed by atoms with Gasteiger partial charge in [0, 0.05) is 35.5 Å². The van der Waals surface area contributed by atoms with Crippen LogP contribution in [-0.2, 0) is 27.6 Å².